The molecule has 160 valence electrons. The third-order valence-corrected chi connectivity index (χ3v) is 5.42. The largest absolute Gasteiger partial charge is 0.444 e. The molecule has 2 aromatic rings. The molecule has 0 aliphatic carbocycles. The number of hydrogen-bond donors (Lipinski definition) is 2. The SMILES string of the molecule is C[C@H](Nc1ncc2c(n1)N(CCF)C(=O)OC2)c1ccc(CN2CCNCC2)cc1. The number of amides is 1. The average molecular weight is 414 g/mol. The Bertz CT molecular complexity index is 872. The van der Waals surface area contributed by atoms with Crippen LogP contribution in [0.3, 0.4) is 0 Å². The number of benzene rings is 1. The summed E-state index contributed by atoms with van der Waals surface area (Å²) < 4.78 is 17.9. The molecule has 0 spiro atoms. The zero-order valence-corrected chi connectivity index (χ0v) is 17.1. The van der Waals surface area contributed by atoms with Crippen LogP contribution in [0.1, 0.15) is 29.7 Å². The van der Waals surface area contributed by atoms with Gasteiger partial charge >= 0.3 is 6.09 Å². The van der Waals surface area contributed by atoms with Crippen LogP contribution in [0.4, 0.5) is 21.0 Å². The number of nitrogens with zero attached hydrogens (tertiary/aromatic N) is 4. The Morgan fingerprint density at radius 3 is 2.77 bits per heavy atom. The topological polar surface area (TPSA) is 82.6 Å². The standard InChI is InChI=1S/C21H27FN6O2/c1-15(17-4-2-16(3-5-17)13-27-10-7-23-8-11-27)25-20-24-12-18-14-30-21(29)28(9-6-22)19(18)26-20/h2-5,12,15,23H,6-11,13-14H2,1H3,(H,24,25,26)/t15-/m0/s1. The maximum atomic E-state index is 12.8. The summed E-state index contributed by atoms with van der Waals surface area (Å²) in [5, 5.41) is 6.64. The monoisotopic (exact) mass is 414 g/mol. The highest BCUT2D eigenvalue weighted by atomic mass is 19.1. The summed E-state index contributed by atoms with van der Waals surface area (Å²) >= 11 is 0. The molecular weight excluding hydrogens is 387 g/mol. The number of halogens is 1. The molecule has 9 heteroatoms. The Morgan fingerprint density at radius 1 is 1.27 bits per heavy atom. The van der Waals surface area contributed by atoms with E-state index in [-0.39, 0.29) is 19.2 Å². The molecule has 1 amide bonds. The number of fused-ring (bicyclic) bond motifs is 1. The highest BCUT2D eigenvalue weighted by Gasteiger charge is 2.28. The third-order valence-electron chi connectivity index (χ3n) is 5.42. The molecule has 0 bridgehead atoms. The van der Waals surface area contributed by atoms with Gasteiger partial charge in [-0.05, 0) is 18.1 Å². The smallest absolute Gasteiger partial charge is 0.415 e. The highest BCUT2D eigenvalue weighted by Crippen LogP contribution is 2.26. The quantitative estimate of drug-likeness (QED) is 0.720. The molecule has 1 aromatic heterocycles. The number of ether oxygens (including phenoxy) is 1. The van der Waals surface area contributed by atoms with Gasteiger partial charge in [-0.15, -0.1) is 0 Å². The Labute approximate surface area is 175 Å². The molecule has 2 aliphatic rings. The number of anilines is 2. The molecule has 1 fully saturated rings. The molecule has 30 heavy (non-hydrogen) atoms. The van der Waals surface area contributed by atoms with E-state index in [4.69, 9.17) is 4.74 Å². The maximum absolute atomic E-state index is 12.8. The summed E-state index contributed by atoms with van der Waals surface area (Å²) in [5.41, 5.74) is 3.07. The minimum Gasteiger partial charge on any atom is -0.444 e. The predicted molar refractivity (Wildman–Crippen MR) is 112 cm³/mol. The van der Waals surface area contributed by atoms with Crippen molar-refractivity contribution >= 4 is 17.9 Å². The van der Waals surface area contributed by atoms with E-state index in [2.05, 4.69) is 49.8 Å². The molecule has 8 nitrogen and oxygen atoms in total. The van der Waals surface area contributed by atoms with Crippen molar-refractivity contribution < 1.29 is 13.9 Å². The van der Waals surface area contributed by atoms with Crippen molar-refractivity contribution in [2.24, 2.45) is 0 Å². The summed E-state index contributed by atoms with van der Waals surface area (Å²) in [7, 11) is 0. The van der Waals surface area contributed by atoms with E-state index >= 15 is 0 Å². The van der Waals surface area contributed by atoms with Gasteiger partial charge < -0.3 is 15.4 Å². The number of cyclic esters (lactones) is 1. The van der Waals surface area contributed by atoms with Crippen LogP contribution in [0.2, 0.25) is 0 Å². The van der Waals surface area contributed by atoms with Gasteiger partial charge in [-0.2, -0.15) is 4.98 Å². The normalized spacial score (nSPS) is 17.9. The Hall–Kier alpha value is -2.78. The lowest BCUT2D eigenvalue weighted by Gasteiger charge is -2.27. The highest BCUT2D eigenvalue weighted by molar-refractivity contribution is 5.89. The van der Waals surface area contributed by atoms with Crippen LogP contribution in [0, 0.1) is 0 Å². The van der Waals surface area contributed by atoms with Crippen molar-refractivity contribution in [1.29, 1.82) is 0 Å². The van der Waals surface area contributed by atoms with E-state index in [1.165, 1.54) is 10.5 Å². The van der Waals surface area contributed by atoms with Gasteiger partial charge in [0.05, 0.1) is 18.2 Å². The van der Waals surface area contributed by atoms with E-state index < -0.39 is 12.8 Å². The van der Waals surface area contributed by atoms with Crippen molar-refractivity contribution in [2.45, 2.75) is 26.1 Å². The molecule has 4 rings (SSSR count). The average Bonchev–Trinajstić information content (AvgIpc) is 2.77. The first-order chi connectivity index (χ1) is 14.6. The van der Waals surface area contributed by atoms with Crippen LogP contribution >= 0.6 is 0 Å². The van der Waals surface area contributed by atoms with Crippen LogP contribution in [0.5, 0.6) is 0 Å². The third kappa shape index (κ3) is 4.68. The Morgan fingerprint density at radius 2 is 2.03 bits per heavy atom. The number of carbonyl (C=O) groups excluding carboxylic acids is 1. The van der Waals surface area contributed by atoms with Crippen molar-refractivity contribution in [1.82, 2.24) is 20.2 Å². The van der Waals surface area contributed by atoms with Crippen LogP contribution < -0.4 is 15.5 Å². The van der Waals surface area contributed by atoms with E-state index in [0.717, 1.165) is 38.3 Å². The minimum absolute atomic E-state index is 0.0264. The van der Waals surface area contributed by atoms with Gasteiger partial charge in [0.25, 0.3) is 0 Å². The van der Waals surface area contributed by atoms with Gasteiger partial charge in [0.2, 0.25) is 5.95 Å². The Balaban J connectivity index is 1.42. The molecule has 0 saturated carbocycles. The minimum atomic E-state index is -0.669. The number of hydrogen-bond acceptors (Lipinski definition) is 7. The fourth-order valence-corrected chi connectivity index (χ4v) is 3.70. The maximum Gasteiger partial charge on any atom is 0.415 e. The summed E-state index contributed by atoms with van der Waals surface area (Å²) in [6.07, 6.45) is 1.03. The molecule has 1 saturated heterocycles. The lowest BCUT2D eigenvalue weighted by atomic mass is 10.1. The molecule has 0 unspecified atom stereocenters. The zero-order valence-electron chi connectivity index (χ0n) is 17.1. The summed E-state index contributed by atoms with van der Waals surface area (Å²) in [6, 6.07) is 8.51. The number of alkyl halides is 1. The second-order valence-corrected chi connectivity index (χ2v) is 7.57. The van der Waals surface area contributed by atoms with Crippen LogP contribution in [0.25, 0.3) is 0 Å². The van der Waals surface area contributed by atoms with Gasteiger partial charge in [-0.25, -0.2) is 14.2 Å². The van der Waals surface area contributed by atoms with Gasteiger partial charge in [0, 0.05) is 38.9 Å². The van der Waals surface area contributed by atoms with E-state index in [1.807, 2.05) is 6.92 Å². The number of carbonyl (C=O) groups is 1. The van der Waals surface area contributed by atoms with E-state index in [9.17, 15) is 9.18 Å². The first kappa shape index (κ1) is 20.5. The Kier molecular flexibility index (Phi) is 6.39. The molecular formula is C21H27FN6O2. The van der Waals surface area contributed by atoms with E-state index in [0.29, 0.717) is 17.3 Å². The van der Waals surface area contributed by atoms with Crippen molar-refractivity contribution in [3.8, 4) is 0 Å². The number of aromatic nitrogens is 2. The predicted octanol–water partition coefficient (Wildman–Crippen LogP) is 2.48. The number of rotatable bonds is 7. The summed E-state index contributed by atoms with van der Waals surface area (Å²) in [6.45, 7) is 6.55. The first-order valence-corrected chi connectivity index (χ1v) is 10.3. The van der Waals surface area contributed by atoms with Gasteiger partial charge in [0.15, 0.2) is 0 Å². The van der Waals surface area contributed by atoms with Gasteiger partial charge in [-0.3, -0.25) is 9.80 Å². The fraction of sp³-hybridized carbons (Fsp3) is 0.476. The molecule has 1 atom stereocenters. The summed E-state index contributed by atoms with van der Waals surface area (Å²) in [5.74, 6) is 0.796. The van der Waals surface area contributed by atoms with Gasteiger partial charge in [-0.1, -0.05) is 24.3 Å². The molecule has 0 radical (unpaired) electrons. The van der Waals surface area contributed by atoms with Crippen molar-refractivity contribution in [3.05, 3.63) is 47.2 Å². The lowest BCUT2D eigenvalue weighted by molar-refractivity contribution is 0.140. The van der Waals surface area contributed by atoms with Crippen LogP contribution in [0.15, 0.2) is 30.5 Å². The van der Waals surface area contributed by atoms with Crippen molar-refractivity contribution in [2.75, 3.05) is 49.6 Å². The van der Waals surface area contributed by atoms with Crippen LogP contribution in [-0.4, -0.2) is 60.4 Å². The number of nitrogens with one attached hydrogen (secondary N) is 2. The molecule has 3 heterocycles. The zero-order chi connectivity index (χ0) is 20.9. The van der Waals surface area contributed by atoms with Crippen LogP contribution in [-0.2, 0) is 17.9 Å². The molecule has 2 aliphatic heterocycles. The number of piperazine rings is 1. The molecule has 1 aromatic carbocycles. The fourth-order valence-electron chi connectivity index (χ4n) is 3.70. The van der Waals surface area contributed by atoms with Crippen molar-refractivity contribution in [3.63, 3.8) is 0 Å². The first-order valence-electron chi connectivity index (χ1n) is 10.3. The second-order valence-electron chi connectivity index (χ2n) is 7.57. The van der Waals surface area contributed by atoms with E-state index in [1.54, 1.807) is 6.20 Å². The summed E-state index contributed by atoms with van der Waals surface area (Å²) in [4.78, 5) is 24.4. The van der Waals surface area contributed by atoms with Gasteiger partial charge in [0.1, 0.15) is 19.1 Å². The lowest BCUT2D eigenvalue weighted by Crippen LogP contribution is -2.42. The molecule has 2 N–H and O–H groups in total. The second kappa shape index (κ2) is 9.36.